The van der Waals surface area contributed by atoms with Gasteiger partial charge in [0.2, 0.25) is 0 Å². The zero-order valence-electron chi connectivity index (χ0n) is 9.23. The molecule has 16 heavy (non-hydrogen) atoms. The van der Waals surface area contributed by atoms with Crippen molar-refractivity contribution in [3.05, 3.63) is 0 Å². The second kappa shape index (κ2) is 9.12. The fraction of sp³-hybridized carbons (Fsp3) is 0.889. The molecule has 1 saturated heterocycles. The van der Waals surface area contributed by atoms with Gasteiger partial charge in [-0.3, -0.25) is 0 Å². The molecule has 5 nitrogen and oxygen atoms in total. The topological polar surface area (TPSA) is 87.7 Å². The van der Waals surface area contributed by atoms with Crippen molar-refractivity contribution in [2.75, 3.05) is 18.5 Å². The third-order valence-electron chi connectivity index (χ3n) is 2.02. The first-order chi connectivity index (χ1) is 7.52. The van der Waals surface area contributed by atoms with E-state index >= 15 is 0 Å². The highest BCUT2D eigenvalue weighted by Gasteiger charge is 2.30. The minimum absolute atomic E-state index is 0.247. The van der Waals surface area contributed by atoms with Crippen LogP contribution in [-0.4, -0.2) is 52.1 Å². The summed E-state index contributed by atoms with van der Waals surface area (Å²) in [7, 11) is 0. The van der Waals surface area contributed by atoms with Crippen molar-refractivity contribution in [3.63, 3.8) is 0 Å². The lowest BCUT2D eigenvalue weighted by Crippen LogP contribution is -2.45. The molecule has 0 spiro atoms. The smallest absolute Gasteiger partial charge is 0.163 e. The van der Waals surface area contributed by atoms with Crippen LogP contribution >= 0.6 is 28.1 Å². The quantitative estimate of drug-likeness (QED) is 0.415. The average Bonchev–Trinajstić information content (AvgIpc) is 2.23. The molecule has 1 aliphatic rings. The van der Waals surface area contributed by atoms with E-state index in [9.17, 15) is 5.11 Å². The maximum Gasteiger partial charge on any atom is 0.163 e. The van der Waals surface area contributed by atoms with Crippen LogP contribution in [0.5, 0.6) is 0 Å². The number of aliphatic hydroxyl groups is 2. The largest absolute Gasteiger partial charge is 0.390 e. The molecule has 7 heteroatoms. The van der Waals surface area contributed by atoms with E-state index in [1.165, 1.54) is 0 Å². The predicted octanol–water partition coefficient (Wildman–Crippen LogP) is -0.268. The van der Waals surface area contributed by atoms with E-state index in [0.717, 1.165) is 6.54 Å². The number of aliphatic hydroxyl groups excluding tert-OH is 2. The number of alkyl halides is 1. The van der Waals surface area contributed by atoms with Gasteiger partial charge in [0.05, 0.1) is 12.2 Å². The molecule has 0 aromatic carbocycles. The first-order valence-electron chi connectivity index (χ1n) is 5.09. The van der Waals surface area contributed by atoms with Gasteiger partial charge in [0.15, 0.2) is 5.11 Å². The molecule has 1 rings (SSSR count). The SMILES string of the molecule is CCNC(N)=S.OC1CCOC(CBr)[C@H]1O. The minimum atomic E-state index is -0.729. The Hall–Kier alpha value is 0.0500. The maximum absolute atomic E-state index is 9.23. The summed E-state index contributed by atoms with van der Waals surface area (Å²) in [5, 5.41) is 22.0. The third-order valence-corrected chi connectivity index (χ3v) is 2.81. The highest BCUT2D eigenvalue weighted by atomic mass is 79.9. The molecular weight excluding hydrogens is 296 g/mol. The van der Waals surface area contributed by atoms with Gasteiger partial charge in [0.25, 0.3) is 0 Å². The normalized spacial score (nSPS) is 28.9. The van der Waals surface area contributed by atoms with Crippen molar-refractivity contribution in [1.29, 1.82) is 0 Å². The van der Waals surface area contributed by atoms with Crippen molar-refractivity contribution >= 4 is 33.3 Å². The van der Waals surface area contributed by atoms with Crippen LogP contribution < -0.4 is 11.1 Å². The van der Waals surface area contributed by atoms with Crippen LogP contribution in [0.15, 0.2) is 0 Å². The van der Waals surface area contributed by atoms with Crippen molar-refractivity contribution < 1.29 is 14.9 Å². The Labute approximate surface area is 109 Å². The molecule has 0 aromatic heterocycles. The Kier molecular flexibility index (Phi) is 9.15. The van der Waals surface area contributed by atoms with Crippen molar-refractivity contribution in [1.82, 2.24) is 5.32 Å². The summed E-state index contributed by atoms with van der Waals surface area (Å²) < 4.78 is 5.15. The highest BCUT2D eigenvalue weighted by Crippen LogP contribution is 2.15. The van der Waals surface area contributed by atoms with Crippen LogP contribution in [0.2, 0.25) is 0 Å². The van der Waals surface area contributed by atoms with E-state index in [4.69, 9.17) is 15.6 Å². The monoisotopic (exact) mass is 314 g/mol. The first kappa shape index (κ1) is 16.1. The molecule has 3 atom stereocenters. The summed E-state index contributed by atoms with van der Waals surface area (Å²) in [5.41, 5.74) is 5.02. The summed E-state index contributed by atoms with van der Waals surface area (Å²) in [6.45, 7) is 3.29. The summed E-state index contributed by atoms with van der Waals surface area (Å²) in [5.74, 6) is 0. The van der Waals surface area contributed by atoms with E-state index in [0.29, 0.717) is 23.5 Å². The summed E-state index contributed by atoms with van der Waals surface area (Å²) in [6, 6.07) is 0. The van der Waals surface area contributed by atoms with Crippen LogP contribution in [0.1, 0.15) is 13.3 Å². The maximum atomic E-state index is 9.23. The Balaban J connectivity index is 0.000000325. The fourth-order valence-corrected chi connectivity index (χ4v) is 1.88. The molecule has 2 unspecified atom stereocenters. The molecule has 0 amide bonds. The number of rotatable bonds is 2. The van der Waals surface area contributed by atoms with Gasteiger partial charge in [-0.15, -0.1) is 0 Å². The highest BCUT2D eigenvalue weighted by molar-refractivity contribution is 9.09. The van der Waals surface area contributed by atoms with Gasteiger partial charge in [0, 0.05) is 18.5 Å². The van der Waals surface area contributed by atoms with Crippen molar-refractivity contribution in [2.45, 2.75) is 31.7 Å². The summed E-state index contributed by atoms with van der Waals surface area (Å²) in [4.78, 5) is 0. The Morgan fingerprint density at radius 3 is 2.56 bits per heavy atom. The lowest BCUT2D eigenvalue weighted by atomic mass is 10.0. The summed E-state index contributed by atoms with van der Waals surface area (Å²) in [6.07, 6.45) is -1.06. The number of thiocarbonyl (C=S) groups is 1. The van der Waals surface area contributed by atoms with Crippen LogP contribution in [0.3, 0.4) is 0 Å². The van der Waals surface area contributed by atoms with Gasteiger partial charge in [-0.25, -0.2) is 0 Å². The molecular formula is C9H19BrN2O3S. The van der Waals surface area contributed by atoms with E-state index in [1.54, 1.807) is 0 Å². The van der Waals surface area contributed by atoms with Crippen LogP contribution in [-0.2, 0) is 4.74 Å². The number of hydrogen-bond donors (Lipinski definition) is 4. The van der Waals surface area contributed by atoms with Gasteiger partial charge >= 0.3 is 0 Å². The Morgan fingerprint density at radius 1 is 1.62 bits per heavy atom. The van der Waals surface area contributed by atoms with Crippen LogP contribution in [0.25, 0.3) is 0 Å². The van der Waals surface area contributed by atoms with E-state index < -0.39 is 12.2 Å². The van der Waals surface area contributed by atoms with Gasteiger partial charge < -0.3 is 26.0 Å². The number of nitrogens with one attached hydrogen (secondary N) is 1. The zero-order valence-corrected chi connectivity index (χ0v) is 11.6. The number of nitrogens with two attached hydrogens (primary N) is 1. The molecule has 1 heterocycles. The molecule has 96 valence electrons. The van der Waals surface area contributed by atoms with Crippen LogP contribution in [0.4, 0.5) is 0 Å². The molecule has 5 N–H and O–H groups in total. The first-order valence-corrected chi connectivity index (χ1v) is 6.62. The molecule has 0 aliphatic carbocycles. The third kappa shape index (κ3) is 6.59. The number of ether oxygens (including phenoxy) is 1. The van der Waals surface area contributed by atoms with Crippen molar-refractivity contribution in [2.24, 2.45) is 5.73 Å². The molecule has 0 radical (unpaired) electrons. The minimum Gasteiger partial charge on any atom is -0.390 e. The summed E-state index contributed by atoms with van der Waals surface area (Å²) >= 11 is 7.64. The molecule has 0 bridgehead atoms. The molecule has 0 aromatic rings. The second-order valence-corrected chi connectivity index (χ2v) is 4.39. The van der Waals surface area contributed by atoms with Gasteiger partial charge in [-0.1, -0.05) is 15.9 Å². The Bertz CT molecular complexity index is 209. The lowest BCUT2D eigenvalue weighted by molar-refractivity contribution is -0.124. The standard InChI is InChI=1S/C6H11BrO3.C3H8N2S/c7-3-5-6(9)4(8)1-2-10-5;1-2-5-3(4)6/h4-6,8-9H,1-3H2;2H2,1H3,(H3,4,5,6)/t4?,5?,6-;/m0./s1. The lowest BCUT2D eigenvalue weighted by Gasteiger charge is -2.30. The van der Waals surface area contributed by atoms with Gasteiger partial charge in [-0.05, 0) is 25.6 Å². The van der Waals surface area contributed by atoms with Crippen LogP contribution in [0, 0.1) is 0 Å². The average molecular weight is 315 g/mol. The van der Waals surface area contributed by atoms with Gasteiger partial charge in [-0.2, -0.15) is 0 Å². The molecule has 1 aliphatic heterocycles. The van der Waals surface area contributed by atoms with Crippen molar-refractivity contribution in [3.8, 4) is 0 Å². The molecule has 0 saturated carbocycles. The van der Waals surface area contributed by atoms with E-state index in [1.807, 2.05) is 6.92 Å². The number of halogens is 1. The second-order valence-electron chi connectivity index (χ2n) is 3.30. The predicted molar refractivity (Wildman–Crippen MR) is 70.6 cm³/mol. The number of hydrogen-bond acceptors (Lipinski definition) is 4. The molecule has 1 fully saturated rings. The van der Waals surface area contributed by atoms with Gasteiger partial charge in [0.1, 0.15) is 6.10 Å². The fourth-order valence-electron chi connectivity index (χ4n) is 1.17. The Morgan fingerprint density at radius 2 is 2.25 bits per heavy atom. The van der Waals surface area contributed by atoms with E-state index in [2.05, 4.69) is 33.5 Å². The van der Waals surface area contributed by atoms with E-state index in [-0.39, 0.29) is 6.10 Å². The zero-order chi connectivity index (χ0) is 12.6.